The number of hydrogen-bond donors (Lipinski definition) is 0. The molecule has 0 spiro atoms. The van der Waals surface area contributed by atoms with Gasteiger partial charge in [-0.15, -0.1) is 0 Å². The first-order chi connectivity index (χ1) is 17.9. The largest absolute Gasteiger partial charge is 0.454 e. The normalized spacial score (nSPS) is 15.9. The van der Waals surface area contributed by atoms with Gasteiger partial charge in [0.25, 0.3) is 5.91 Å². The molecule has 2 aromatic heterocycles. The van der Waals surface area contributed by atoms with Crippen LogP contribution in [0.3, 0.4) is 0 Å². The number of fused-ring (bicyclic) bond motifs is 2. The van der Waals surface area contributed by atoms with Gasteiger partial charge in [0.1, 0.15) is 5.56 Å². The minimum atomic E-state index is -4.67. The van der Waals surface area contributed by atoms with Crippen molar-refractivity contribution in [2.24, 2.45) is 0 Å². The predicted octanol–water partition coefficient (Wildman–Crippen LogP) is 4.10. The molecule has 190 valence electrons. The van der Waals surface area contributed by atoms with E-state index in [-0.39, 0.29) is 29.6 Å². The van der Waals surface area contributed by atoms with Crippen molar-refractivity contribution in [2.45, 2.75) is 12.7 Å². The van der Waals surface area contributed by atoms with E-state index in [1.54, 1.807) is 35.2 Å². The number of nitrogens with zero attached hydrogens (tertiary/aromatic N) is 5. The minimum absolute atomic E-state index is 0.0486. The lowest BCUT2D eigenvalue weighted by Gasteiger charge is -2.34. The van der Waals surface area contributed by atoms with Crippen molar-refractivity contribution < 1.29 is 27.4 Å². The van der Waals surface area contributed by atoms with Gasteiger partial charge in [-0.3, -0.25) is 9.69 Å². The summed E-state index contributed by atoms with van der Waals surface area (Å²) >= 11 is 0. The number of ether oxygens (including phenoxy) is 2. The zero-order valence-corrected chi connectivity index (χ0v) is 19.6. The lowest BCUT2D eigenvalue weighted by molar-refractivity contribution is -0.142. The molecule has 0 bridgehead atoms. The van der Waals surface area contributed by atoms with Crippen LogP contribution < -0.4 is 9.47 Å². The number of hydrogen-bond acceptors (Lipinski definition) is 6. The van der Waals surface area contributed by atoms with E-state index < -0.39 is 11.9 Å². The van der Waals surface area contributed by atoms with E-state index in [0.29, 0.717) is 42.8 Å². The SMILES string of the molecule is O=C(c1cnn2c(C(F)(F)F)cc(-c3ccccc3)nc12)N1CCN(Cc2ccc3c(c2)OCO3)CC1. The zero-order valence-electron chi connectivity index (χ0n) is 19.6. The maximum Gasteiger partial charge on any atom is 0.433 e. The third kappa shape index (κ3) is 4.46. The van der Waals surface area contributed by atoms with Crippen LogP contribution in [-0.4, -0.2) is 63.3 Å². The van der Waals surface area contributed by atoms with E-state index in [4.69, 9.17) is 9.47 Å². The number of carbonyl (C=O) groups is 1. The third-order valence-corrected chi connectivity index (χ3v) is 6.56. The van der Waals surface area contributed by atoms with E-state index in [0.717, 1.165) is 23.1 Å². The van der Waals surface area contributed by atoms with E-state index in [1.807, 2.05) is 18.2 Å². The average Bonchev–Trinajstić information content (AvgIpc) is 3.55. The van der Waals surface area contributed by atoms with Crippen LogP contribution in [0.25, 0.3) is 16.9 Å². The Kier molecular flexibility index (Phi) is 5.71. The second-order valence-corrected chi connectivity index (χ2v) is 8.94. The molecule has 1 amide bonds. The van der Waals surface area contributed by atoms with Gasteiger partial charge in [0.2, 0.25) is 6.79 Å². The monoisotopic (exact) mass is 509 g/mol. The lowest BCUT2D eigenvalue weighted by atomic mass is 10.1. The van der Waals surface area contributed by atoms with Crippen LogP contribution in [0.5, 0.6) is 11.5 Å². The Morgan fingerprint density at radius 3 is 2.46 bits per heavy atom. The number of piperazine rings is 1. The van der Waals surface area contributed by atoms with Gasteiger partial charge in [-0.1, -0.05) is 36.4 Å². The first-order valence-electron chi connectivity index (χ1n) is 11.8. The van der Waals surface area contributed by atoms with Crippen LogP contribution >= 0.6 is 0 Å². The van der Waals surface area contributed by atoms with Crippen LogP contribution in [0.1, 0.15) is 21.6 Å². The first-order valence-corrected chi connectivity index (χ1v) is 11.8. The fourth-order valence-corrected chi connectivity index (χ4v) is 4.65. The topological polar surface area (TPSA) is 72.2 Å². The fraction of sp³-hybridized carbons (Fsp3) is 0.269. The average molecular weight is 509 g/mol. The van der Waals surface area contributed by atoms with Crippen molar-refractivity contribution in [2.75, 3.05) is 33.0 Å². The quantitative estimate of drug-likeness (QED) is 0.413. The van der Waals surface area contributed by atoms with Crippen LogP contribution in [0.2, 0.25) is 0 Å². The molecule has 2 aromatic carbocycles. The van der Waals surface area contributed by atoms with Gasteiger partial charge in [0.05, 0.1) is 11.9 Å². The van der Waals surface area contributed by atoms with Crippen LogP contribution in [-0.2, 0) is 12.7 Å². The van der Waals surface area contributed by atoms with Crippen molar-refractivity contribution in [1.29, 1.82) is 0 Å². The number of benzene rings is 2. The lowest BCUT2D eigenvalue weighted by Crippen LogP contribution is -2.48. The number of alkyl halides is 3. The molecule has 0 radical (unpaired) electrons. The Morgan fingerprint density at radius 2 is 1.70 bits per heavy atom. The number of aromatic nitrogens is 3. The van der Waals surface area contributed by atoms with Gasteiger partial charge in [-0.25, -0.2) is 9.50 Å². The van der Waals surface area contributed by atoms with Crippen molar-refractivity contribution in [3.63, 3.8) is 0 Å². The van der Waals surface area contributed by atoms with Gasteiger partial charge >= 0.3 is 6.18 Å². The van der Waals surface area contributed by atoms with E-state index in [2.05, 4.69) is 15.0 Å². The molecule has 2 aliphatic heterocycles. The van der Waals surface area contributed by atoms with Gasteiger partial charge in [0.15, 0.2) is 22.8 Å². The number of amides is 1. The van der Waals surface area contributed by atoms with Crippen molar-refractivity contribution >= 4 is 11.6 Å². The number of halogens is 3. The summed E-state index contributed by atoms with van der Waals surface area (Å²) in [7, 11) is 0. The molecular formula is C26H22F3N5O3. The summed E-state index contributed by atoms with van der Waals surface area (Å²) < 4.78 is 53.1. The molecule has 6 rings (SSSR count). The van der Waals surface area contributed by atoms with E-state index in [1.165, 1.54) is 6.20 Å². The van der Waals surface area contributed by atoms with Crippen molar-refractivity contribution in [1.82, 2.24) is 24.4 Å². The Labute approximate surface area is 209 Å². The Morgan fingerprint density at radius 1 is 0.946 bits per heavy atom. The summed E-state index contributed by atoms with van der Waals surface area (Å²) in [6.45, 7) is 3.02. The van der Waals surface area contributed by atoms with Crippen LogP contribution in [0, 0.1) is 0 Å². The summed E-state index contributed by atoms with van der Waals surface area (Å²) in [4.78, 5) is 21.6. The van der Waals surface area contributed by atoms with E-state index >= 15 is 0 Å². The highest BCUT2D eigenvalue weighted by Crippen LogP contribution is 2.34. The molecule has 4 heterocycles. The Hall–Kier alpha value is -4.12. The highest BCUT2D eigenvalue weighted by molar-refractivity contribution is 6.00. The highest BCUT2D eigenvalue weighted by Gasteiger charge is 2.36. The molecule has 0 atom stereocenters. The summed E-state index contributed by atoms with van der Waals surface area (Å²) in [6.07, 6.45) is -3.49. The van der Waals surface area contributed by atoms with Gasteiger partial charge in [0, 0.05) is 38.3 Å². The van der Waals surface area contributed by atoms with Crippen molar-refractivity contribution in [3.05, 3.63) is 77.6 Å². The number of carbonyl (C=O) groups excluding carboxylic acids is 1. The molecule has 11 heteroatoms. The van der Waals surface area contributed by atoms with Gasteiger partial charge in [-0.2, -0.15) is 18.3 Å². The van der Waals surface area contributed by atoms with E-state index in [9.17, 15) is 18.0 Å². The molecule has 8 nitrogen and oxygen atoms in total. The minimum Gasteiger partial charge on any atom is -0.454 e. The summed E-state index contributed by atoms with van der Waals surface area (Å²) in [5.41, 5.74) is 0.678. The Balaban J connectivity index is 1.22. The highest BCUT2D eigenvalue weighted by atomic mass is 19.4. The molecule has 1 saturated heterocycles. The molecule has 0 unspecified atom stereocenters. The summed E-state index contributed by atoms with van der Waals surface area (Å²) in [5, 5.41) is 3.89. The van der Waals surface area contributed by atoms with Crippen LogP contribution in [0.15, 0.2) is 60.8 Å². The number of rotatable bonds is 4. The molecule has 0 aliphatic carbocycles. The second-order valence-electron chi connectivity index (χ2n) is 8.94. The molecule has 0 saturated carbocycles. The molecule has 4 aromatic rings. The standard InChI is InChI=1S/C26H22F3N5O3/c27-26(28,29)23-13-20(18-4-2-1-3-5-18)31-24-19(14-30-34(23)24)25(35)33-10-8-32(9-11-33)15-17-6-7-21-22(12-17)37-16-36-21/h1-7,12-14H,8-11,15-16H2. The molecule has 0 N–H and O–H groups in total. The smallest absolute Gasteiger partial charge is 0.433 e. The van der Waals surface area contributed by atoms with Gasteiger partial charge < -0.3 is 14.4 Å². The molecular weight excluding hydrogens is 487 g/mol. The maximum atomic E-state index is 13.9. The molecule has 2 aliphatic rings. The molecule has 37 heavy (non-hydrogen) atoms. The maximum absolute atomic E-state index is 13.9. The summed E-state index contributed by atoms with van der Waals surface area (Å²) in [5.74, 6) is 1.06. The Bertz CT molecular complexity index is 1460. The summed E-state index contributed by atoms with van der Waals surface area (Å²) in [6, 6.07) is 15.3. The first kappa shape index (κ1) is 23.3. The van der Waals surface area contributed by atoms with Crippen LogP contribution in [0.4, 0.5) is 13.2 Å². The van der Waals surface area contributed by atoms with Crippen molar-refractivity contribution in [3.8, 4) is 22.8 Å². The third-order valence-electron chi connectivity index (χ3n) is 6.56. The fourth-order valence-electron chi connectivity index (χ4n) is 4.65. The molecule has 1 fully saturated rings. The second kappa shape index (κ2) is 9.07. The zero-order chi connectivity index (χ0) is 25.6. The predicted molar refractivity (Wildman–Crippen MR) is 127 cm³/mol. The van der Waals surface area contributed by atoms with Gasteiger partial charge in [-0.05, 0) is 23.8 Å².